The molecule has 0 aromatic heterocycles. The van der Waals surface area contributed by atoms with Gasteiger partial charge in [0.15, 0.2) is 6.42 Å². The second kappa shape index (κ2) is 4.79. The lowest BCUT2D eigenvalue weighted by Crippen LogP contribution is -2.10. The predicted octanol–water partition coefficient (Wildman–Crippen LogP) is 2.73. The topological polar surface area (TPSA) is 32.3 Å². The molecule has 0 aliphatic carbocycles. The van der Waals surface area contributed by atoms with E-state index in [2.05, 4.69) is 5.09 Å². The summed E-state index contributed by atoms with van der Waals surface area (Å²) in [6.45, 7) is 0. The Kier molecular flexibility index (Phi) is 3.39. The van der Waals surface area contributed by atoms with Gasteiger partial charge >= 0.3 is 0 Å². The first kappa shape index (κ1) is 11.3. The quantitative estimate of drug-likeness (QED) is 0.820. The van der Waals surface area contributed by atoms with Gasteiger partial charge in [0.1, 0.15) is 0 Å². The average molecular weight is 249 g/mol. The zero-order valence-electron chi connectivity index (χ0n) is 8.58. The Balaban J connectivity index is 2.25. The first-order chi connectivity index (χ1) is 7.68. The van der Waals surface area contributed by atoms with E-state index in [1.165, 1.54) is 0 Å². The molecule has 0 aliphatic rings. The molecule has 0 radical (unpaired) electrons. The van der Waals surface area contributed by atoms with Crippen molar-refractivity contribution >= 4 is 29.2 Å². The standard InChI is InChI=1S/C12H12NOPS/c14-15(16,12-9-5-2-6-10-12)13-11-7-3-1-4-8-11/h1-10H,(H2,13,14,16). The molecule has 0 saturated carbocycles. The SMILES string of the molecule is OP(=S)(Nc1ccccc1)c1ccccc1. The molecule has 0 heterocycles. The van der Waals surface area contributed by atoms with Crippen LogP contribution in [0.4, 0.5) is 5.69 Å². The van der Waals surface area contributed by atoms with E-state index in [9.17, 15) is 4.89 Å². The molecular weight excluding hydrogens is 237 g/mol. The molecule has 4 heteroatoms. The molecule has 0 amide bonds. The Morgan fingerprint density at radius 1 is 0.875 bits per heavy atom. The lowest BCUT2D eigenvalue weighted by molar-refractivity contribution is 0.638. The molecular formula is C12H12NOPS. The van der Waals surface area contributed by atoms with Crippen LogP contribution in [0.1, 0.15) is 0 Å². The number of nitrogens with one attached hydrogen (secondary N) is 1. The van der Waals surface area contributed by atoms with Crippen LogP contribution in [0.15, 0.2) is 60.7 Å². The van der Waals surface area contributed by atoms with Crippen molar-refractivity contribution in [3.8, 4) is 0 Å². The highest BCUT2D eigenvalue weighted by Crippen LogP contribution is 2.39. The van der Waals surface area contributed by atoms with Crippen LogP contribution in [-0.2, 0) is 11.8 Å². The van der Waals surface area contributed by atoms with Crippen LogP contribution < -0.4 is 10.4 Å². The highest BCUT2D eigenvalue weighted by atomic mass is 32.4. The summed E-state index contributed by atoms with van der Waals surface area (Å²) in [4.78, 5) is 10.3. The van der Waals surface area contributed by atoms with E-state index in [0.717, 1.165) is 11.0 Å². The zero-order valence-corrected chi connectivity index (χ0v) is 10.3. The molecule has 0 bridgehead atoms. The van der Waals surface area contributed by atoms with Crippen molar-refractivity contribution in [1.29, 1.82) is 0 Å². The molecule has 82 valence electrons. The number of rotatable bonds is 3. The van der Waals surface area contributed by atoms with Gasteiger partial charge in [0.2, 0.25) is 0 Å². The first-order valence-electron chi connectivity index (χ1n) is 4.90. The van der Waals surface area contributed by atoms with Gasteiger partial charge in [-0.1, -0.05) is 36.4 Å². The van der Waals surface area contributed by atoms with Crippen molar-refractivity contribution in [2.45, 2.75) is 0 Å². The van der Waals surface area contributed by atoms with E-state index in [-0.39, 0.29) is 0 Å². The van der Waals surface area contributed by atoms with Crippen LogP contribution in [-0.4, -0.2) is 4.89 Å². The van der Waals surface area contributed by atoms with Gasteiger partial charge in [-0.3, -0.25) is 0 Å². The third-order valence-corrected chi connectivity index (χ3v) is 4.63. The van der Waals surface area contributed by atoms with Crippen molar-refractivity contribution in [1.82, 2.24) is 0 Å². The number of para-hydroxylation sites is 1. The number of anilines is 1. The summed E-state index contributed by atoms with van der Waals surface area (Å²) in [5, 5.41) is 3.79. The molecule has 1 atom stereocenters. The molecule has 0 spiro atoms. The Morgan fingerprint density at radius 2 is 1.38 bits per heavy atom. The maximum absolute atomic E-state index is 10.3. The fourth-order valence-electron chi connectivity index (χ4n) is 1.38. The molecule has 0 aliphatic heterocycles. The molecule has 0 saturated heterocycles. The Morgan fingerprint density at radius 3 is 1.94 bits per heavy atom. The van der Waals surface area contributed by atoms with Crippen LogP contribution in [0.5, 0.6) is 0 Å². The van der Waals surface area contributed by atoms with Crippen LogP contribution in [0.3, 0.4) is 0 Å². The minimum absolute atomic E-state index is 0.772. The van der Waals surface area contributed by atoms with Crippen molar-refractivity contribution in [3.63, 3.8) is 0 Å². The summed E-state index contributed by atoms with van der Waals surface area (Å²) in [6, 6.07) is 18.9. The average Bonchev–Trinajstić information content (AvgIpc) is 2.31. The number of benzene rings is 2. The van der Waals surface area contributed by atoms with Gasteiger partial charge in [0, 0.05) is 11.0 Å². The monoisotopic (exact) mass is 249 g/mol. The van der Waals surface area contributed by atoms with Gasteiger partial charge in [0.05, 0.1) is 0 Å². The summed E-state index contributed by atoms with van der Waals surface area (Å²) >= 11 is 5.25. The van der Waals surface area contributed by atoms with Gasteiger partial charge in [-0.25, -0.2) is 0 Å². The number of hydrogen-bond donors (Lipinski definition) is 2. The lowest BCUT2D eigenvalue weighted by atomic mass is 10.3. The van der Waals surface area contributed by atoms with Crippen molar-refractivity contribution in [3.05, 3.63) is 60.7 Å². The molecule has 2 N–H and O–H groups in total. The van der Waals surface area contributed by atoms with E-state index in [1.807, 2.05) is 60.7 Å². The second-order valence-electron chi connectivity index (χ2n) is 3.39. The fourth-order valence-corrected chi connectivity index (χ4v) is 3.27. The zero-order chi connectivity index (χ0) is 11.4. The van der Waals surface area contributed by atoms with E-state index in [1.54, 1.807) is 0 Å². The first-order valence-corrected chi connectivity index (χ1v) is 7.66. The highest BCUT2D eigenvalue weighted by molar-refractivity contribution is 8.16. The summed E-state index contributed by atoms with van der Waals surface area (Å²) in [5.74, 6) is 0. The number of hydrogen-bond acceptors (Lipinski definition) is 1. The maximum Gasteiger partial charge on any atom is 0.180 e. The summed E-state index contributed by atoms with van der Waals surface area (Å²) < 4.78 is 0. The van der Waals surface area contributed by atoms with E-state index < -0.39 is 6.42 Å². The van der Waals surface area contributed by atoms with Crippen molar-refractivity contribution in [2.24, 2.45) is 0 Å². The van der Waals surface area contributed by atoms with E-state index in [0.29, 0.717) is 0 Å². The predicted molar refractivity (Wildman–Crippen MR) is 72.6 cm³/mol. The smallest absolute Gasteiger partial charge is 0.180 e. The molecule has 1 unspecified atom stereocenters. The van der Waals surface area contributed by atoms with Gasteiger partial charge in [0.25, 0.3) is 0 Å². The minimum Gasteiger partial charge on any atom is -0.347 e. The van der Waals surface area contributed by atoms with Gasteiger partial charge in [-0.2, -0.15) is 0 Å². The molecule has 2 aromatic carbocycles. The van der Waals surface area contributed by atoms with E-state index >= 15 is 0 Å². The van der Waals surface area contributed by atoms with Crippen LogP contribution in [0.25, 0.3) is 0 Å². The fraction of sp³-hybridized carbons (Fsp3) is 0. The normalized spacial score (nSPS) is 14.1. The molecule has 16 heavy (non-hydrogen) atoms. The highest BCUT2D eigenvalue weighted by Gasteiger charge is 2.14. The second-order valence-corrected chi connectivity index (χ2v) is 6.87. The van der Waals surface area contributed by atoms with Crippen LogP contribution in [0.2, 0.25) is 0 Å². The van der Waals surface area contributed by atoms with Crippen molar-refractivity contribution in [2.75, 3.05) is 5.09 Å². The molecule has 0 fully saturated rings. The Labute approximate surface area is 100 Å². The summed E-state index contributed by atoms with van der Waals surface area (Å²) in [7, 11) is 0. The third-order valence-electron chi connectivity index (χ3n) is 2.16. The largest absolute Gasteiger partial charge is 0.347 e. The van der Waals surface area contributed by atoms with Gasteiger partial charge in [-0.05, 0) is 36.1 Å². The minimum atomic E-state index is -2.68. The maximum atomic E-state index is 10.3. The van der Waals surface area contributed by atoms with Crippen LogP contribution >= 0.6 is 6.42 Å². The van der Waals surface area contributed by atoms with E-state index in [4.69, 9.17) is 11.8 Å². The third kappa shape index (κ3) is 2.70. The van der Waals surface area contributed by atoms with Gasteiger partial charge in [-0.15, -0.1) is 0 Å². The Hall–Kier alpha value is -1.15. The van der Waals surface area contributed by atoms with Gasteiger partial charge < -0.3 is 9.98 Å². The molecule has 2 aromatic rings. The molecule has 2 nitrogen and oxygen atoms in total. The molecule has 2 rings (SSSR count). The Bertz CT molecular complexity index is 501. The van der Waals surface area contributed by atoms with Crippen molar-refractivity contribution < 1.29 is 4.89 Å². The summed E-state index contributed by atoms with van der Waals surface area (Å²) in [5.41, 5.74) is 0.845. The summed E-state index contributed by atoms with van der Waals surface area (Å²) in [6.07, 6.45) is -2.68. The lowest BCUT2D eigenvalue weighted by Gasteiger charge is -2.18. The van der Waals surface area contributed by atoms with Crippen LogP contribution in [0, 0.1) is 0 Å².